The van der Waals surface area contributed by atoms with E-state index in [0.717, 1.165) is 31.8 Å². The molecule has 1 amide bonds. The molecule has 2 atom stereocenters. The van der Waals surface area contributed by atoms with Gasteiger partial charge in [0.2, 0.25) is 5.91 Å². The van der Waals surface area contributed by atoms with Crippen molar-refractivity contribution in [1.29, 1.82) is 0 Å². The third-order valence-electron chi connectivity index (χ3n) is 4.65. The lowest BCUT2D eigenvalue weighted by Crippen LogP contribution is -2.58. The van der Waals surface area contributed by atoms with Gasteiger partial charge in [-0.1, -0.05) is 0 Å². The number of aliphatic hydroxyl groups excluding tert-OH is 1. The number of nitrogens with zero attached hydrogens (tertiary/aromatic N) is 1. The first-order chi connectivity index (χ1) is 8.25. The van der Waals surface area contributed by atoms with Crippen LogP contribution in [0.2, 0.25) is 0 Å². The van der Waals surface area contributed by atoms with Gasteiger partial charge in [0.25, 0.3) is 0 Å². The molecule has 0 aromatic rings. The van der Waals surface area contributed by atoms with Gasteiger partial charge in [0.05, 0.1) is 18.2 Å². The molecule has 2 saturated heterocycles. The average Bonchev–Trinajstić information content (AvgIpc) is 3.14. The summed E-state index contributed by atoms with van der Waals surface area (Å²) in [6.07, 6.45) is 6.44. The van der Waals surface area contributed by atoms with Gasteiger partial charge in [-0.3, -0.25) is 4.79 Å². The van der Waals surface area contributed by atoms with Crippen molar-refractivity contribution in [3.8, 4) is 0 Å². The molecule has 2 aliphatic heterocycles. The summed E-state index contributed by atoms with van der Waals surface area (Å²) in [7, 11) is 0. The number of nitrogens with one attached hydrogen (secondary N) is 1. The van der Waals surface area contributed by atoms with Gasteiger partial charge in [-0.25, -0.2) is 0 Å². The Hall–Kier alpha value is -0.610. The molecule has 1 saturated carbocycles. The Labute approximate surface area is 102 Å². The van der Waals surface area contributed by atoms with Gasteiger partial charge in [-0.05, 0) is 44.6 Å². The van der Waals surface area contributed by atoms with Crippen molar-refractivity contribution < 1.29 is 9.90 Å². The Bertz CT molecular complexity index is 317. The summed E-state index contributed by atoms with van der Waals surface area (Å²) in [6, 6.07) is 0.229. The van der Waals surface area contributed by atoms with Gasteiger partial charge in [0.15, 0.2) is 0 Å². The van der Waals surface area contributed by atoms with E-state index in [1.54, 1.807) is 0 Å². The van der Waals surface area contributed by atoms with E-state index in [9.17, 15) is 9.90 Å². The number of hydrogen-bond acceptors (Lipinski definition) is 3. The van der Waals surface area contributed by atoms with Gasteiger partial charge in [0, 0.05) is 13.0 Å². The molecule has 0 spiro atoms. The number of carbonyl (C=O) groups is 1. The quantitative estimate of drug-likeness (QED) is 0.750. The predicted octanol–water partition coefficient (Wildman–Crippen LogP) is 0.502. The van der Waals surface area contributed by atoms with Crippen LogP contribution in [0.5, 0.6) is 0 Å². The van der Waals surface area contributed by atoms with E-state index in [0.29, 0.717) is 6.42 Å². The average molecular weight is 238 g/mol. The molecule has 3 rings (SSSR count). The van der Waals surface area contributed by atoms with Crippen LogP contribution < -0.4 is 5.32 Å². The van der Waals surface area contributed by atoms with Crippen molar-refractivity contribution in [1.82, 2.24) is 10.2 Å². The highest BCUT2D eigenvalue weighted by Crippen LogP contribution is 2.37. The van der Waals surface area contributed by atoms with E-state index in [-0.39, 0.29) is 24.1 Å². The molecule has 4 heteroatoms. The highest BCUT2D eigenvalue weighted by atomic mass is 16.3. The maximum atomic E-state index is 12.0. The minimum absolute atomic E-state index is 0.0899. The summed E-state index contributed by atoms with van der Waals surface area (Å²) in [5.74, 6) is 1.01. The third-order valence-corrected chi connectivity index (χ3v) is 4.65. The number of fused-ring (bicyclic) bond motifs is 1. The van der Waals surface area contributed by atoms with Gasteiger partial charge >= 0.3 is 0 Å². The summed E-state index contributed by atoms with van der Waals surface area (Å²) < 4.78 is 0. The zero-order chi connectivity index (χ0) is 11.9. The Balaban J connectivity index is 1.74. The summed E-state index contributed by atoms with van der Waals surface area (Å²) >= 11 is 0. The Morgan fingerprint density at radius 2 is 2.18 bits per heavy atom. The number of hydrogen-bond donors (Lipinski definition) is 2. The zero-order valence-electron chi connectivity index (χ0n) is 10.3. The molecule has 17 heavy (non-hydrogen) atoms. The second-order valence-electron chi connectivity index (χ2n) is 5.91. The molecule has 0 radical (unpaired) electrons. The van der Waals surface area contributed by atoms with Crippen LogP contribution in [0.3, 0.4) is 0 Å². The van der Waals surface area contributed by atoms with Gasteiger partial charge in [0.1, 0.15) is 0 Å². The van der Waals surface area contributed by atoms with Crippen LogP contribution in [0.25, 0.3) is 0 Å². The van der Waals surface area contributed by atoms with Crippen molar-refractivity contribution in [2.45, 2.75) is 50.1 Å². The largest absolute Gasteiger partial charge is 0.394 e. The van der Waals surface area contributed by atoms with E-state index < -0.39 is 0 Å². The van der Waals surface area contributed by atoms with E-state index >= 15 is 0 Å². The lowest BCUT2D eigenvalue weighted by atomic mass is 9.86. The van der Waals surface area contributed by atoms with Crippen molar-refractivity contribution in [2.75, 3.05) is 19.7 Å². The maximum Gasteiger partial charge on any atom is 0.224 e. The van der Waals surface area contributed by atoms with Crippen LogP contribution >= 0.6 is 0 Å². The minimum atomic E-state index is -0.347. The first-order valence-electron chi connectivity index (χ1n) is 6.90. The fourth-order valence-electron chi connectivity index (χ4n) is 3.36. The molecule has 2 unspecified atom stereocenters. The minimum Gasteiger partial charge on any atom is -0.394 e. The van der Waals surface area contributed by atoms with Crippen LogP contribution in [-0.4, -0.2) is 47.2 Å². The summed E-state index contributed by atoms with van der Waals surface area (Å²) in [5.41, 5.74) is -0.347. The van der Waals surface area contributed by atoms with E-state index in [2.05, 4.69) is 5.32 Å². The summed E-state index contributed by atoms with van der Waals surface area (Å²) in [5, 5.41) is 13.3. The first kappa shape index (κ1) is 11.5. The second-order valence-corrected chi connectivity index (χ2v) is 5.91. The zero-order valence-corrected chi connectivity index (χ0v) is 10.3. The highest BCUT2D eigenvalue weighted by molar-refractivity contribution is 5.81. The van der Waals surface area contributed by atoms with Gasteiger partial charge < -0.3 is 15.3 Å². The fraction of sp³-hybridized carbons (Fsp3) is 0.923. The van der Waals surface area contributed by atoms with Crippen LogP contribution in [0.1, 0.15) is 38.5 Å². The number of carbonyl (C=O) groups excluding carboxylic acids is 1. The molecular weight excluding hydrogens is 216 g/mol. The molecule has 4 nitrogen and oxygen atoms in total. The van der Waals surface area contributed by atoms with Crippen molar-refractivity contribution >= 4 is 5.91 Å². The number of aliphatic hydroxyl groups is 1. The van der Waals surface area contributed by atoms with Crippen LogP contribution in [0.15, 0.2) is 0 Å². The first-order valence-corrected chi connectivity index (χ1v) is 6.90. The van der Waals surface area contributed by atoms with E-state index in [1.807, 2.05) is 4.90 Å². The molecular formula is C13H22N2O2. The molecule has 96 valence electrons. The Morgan fingerprint density at radius 1 is 1.35 bits per heavy atom. The molecule has 1 aliphatic carbocycles. The maximum absolute atomic E-state index is 12.0. The van der Waals surface area contributed by atoms with Crippen molar-refractivity contribution in [3.05, 3.63) is 0 Å². The SMILES string of the molecule is O=C1CC(CO)(NCC2CC2)C2CCCCN12. The van der Waals surface area contributed by atoms with Gasteiger partial charge in [-0.2, -0.15) is 0 Å². The summed E-state index contributed by atoms with van der Waals surface area (Å²) in [4.78, 5) is 14.0. The fourth-order valence-corrected chi connectivity index (χ4v) is 3.36. The summed E-state index contributed by atoms with van der Waals surface area (Å²) in [6.45, 7) is 1.95. The van der Waals surface area contributed by atoms with Crippen LogP contribution in [-0.2, 0) is 4.79 Å². The third kappa shape index (κ3) is 1.97. The molecule has 2 heterocycles. The number of amides is 1. The van der Waals surface area contributed by atoms with Crippen molar-refractivity contribution in [2.24, 2.45) is 5.92 Å². The second kappa shape index (κ2) is 4.25. The van der Waals surface area contributed by atoms with Crippen LogP contribution in [0.4, 0.5) is 0 Å². The smallest absolute Gasteiger partial charge is 0.224 e. The Kier molecular flexibility index (Phi) is 2.87. The predicted molar refractivity (Wildman–Crippen MR) is 64.5 cm³/mol. The molecule has 0 aromatic heterocycles. The van der Waals surface area contributed by atoms with E-state index in [4.69, 9.17) is 0 Å². The normalized spacial score (nSPS) is 37.4. The highest BCUT2D eigenvalue weighted by Gasteiger charge is 2.51. The van der Waals surface area contributed by atoms with Crippen molar-refractivity contribution in [3.63, 3.8) is 0 Å². The lowest BCUT2D eigenvalue weighted by molar-refractivity contribution is -0.129. The topological polar surface area (TPSA) is 52.6 Å². The van der Waals surface area contributed by atoms with Gasteiger partial charge in [-0.15, -0.1) is 0 Å². The standard InChI is InChI=1S/C13H22N2O2/c16-9-13(14-8-10-4-5-10)7-12(17)15-6-2-1-3-11(13)15/h10-11,14,16H,1-9H2. The van der Waals surface area contributed by atoms with Crippen LogP contribution in [0, 0.1) is 5.92 Å². The molecule has 2 N–H and O–H groups in total. The molecule has 0 bridgehead atoms. The Morgan fingerprint density at radius 3 is 2.88 bits per heavy atom. The number of rotatable bonds is 4. The molecule has 0 aromatic carbocycles. The van der Waals surface area contributed by atoms with E-state index in [1.165, 1.54) is 19.3 Å². The molecule has 3 aliphatic rings. The molecule has 3 fully saturated rings. The lowest BCUT2D eigenvalue weighted by Gasteiger charge is -2.40. The number of piperidine rings is 1. The monoisotopic (exact) mass is 238 g/mol.